The molecule has 1 saturated heterocycles. The number of carbonyl (C=O) groups excluding carboxylic acids is 2. The third kappa shape index (κ3) is 5.73. The molecule has 1 atom stereocenters. The van der Waals surface area contributed by atoms with Crippen LogP contribution in [0.5, 0.6) is 0 Å². The van der Waals surface area contributed by atoms with Crippen molar-refractivity contribution in [3.8, 4) is 0 Å². The molecule has 1 unspecified atom stereocenters. The predicted octanol–water partition coefficient (Wildman–Crippen LogP) is 1.27. The van der Waals surface area contributed by atoms with E-state index in [2.05, 4.69) is 15.0 Å². The van der Waals surface area contributed by atoms with E-state index in [1.807, 2.05) is 6.92 Å². The fraction of sp³-hybridized carbons (Fsp3) is 0.261. The van der Waals surface area contributed by atoms with Crippen molar-refractivity contribution in [1.29, 1.82) is 0 Å². The quantitative estimate of drug-likeness (QED) is 0.336. The minimum absolute atomic E-state index is 0.00791. The summed E-state index contributed by atoms with van der Waals surface area (Å²) in [4.78, 5) is 28.5. The Morgan fingerprint density at radius 2 is 1.86 bits per heavy atom. The number of nitrogens with zero attached hydrogens (tertiary/aromatic N) is 5. The molecule has 0 spiro atoms. The molecule has 2 amide bonds. The highest BCUT2D eigenvalue weighted by Crippen LogP contribution is 2.22. The summed E-state index contributed by atoms with van der Waals surface area (Å²) in [6.45, 7) is 1.77. The molecule has 0 radical (unpaired) electrons. The van der Waals surface area contributed by atoms with Crippen LogP contribution in [0.25, 0.3) is 0 Å². The number of amides is 2. The average molecular weight is 563 g/mol. The largest absolute Gasteiger partial charge is 0.486 e. The van der Waals surface area contributed by atoms with Gasteiger partial charge in [-0.15, -0.1) is 4.40 Å². The second kappa shape index (κ2) is 10.4. The SMILES string of the molecule is Cc1ccc(S(=O)(=O)/N=c2\o[n-][n+](C)c2CN2C(=S)N(C)C(=O)C2CC(=O)Nc2ccc(Cl)cc2)cc1. The van der Waals surface area contributed by atoms with Crippen molar-refractivity contribution in [2.24, 2.45) is 11.4 Å². The highest BCUT2D eigenvalue weighted by atomic mass is 35.5. The number of nitrogens with one attached hydrogen (secondary N) is 1. The van der Waals surface area contributed by atoms with Crippen LogP contribution in [0.4, 0.5) is 5.69 Å². The highest BCUT2D eigenvalue weighted by molar-refractivity contribution is 7.90. The number of sulfonamides is 1. The summed E-state index contributed by atoms with van der Waals surface area (Å²) in [6, 6.07) is 11.8. The number of anilines is 1. The normalized spacial score (nSPS) is 16.5. The van der Waals surface area contributed by atoms with Gasteiger partial charge in [-0.25, -0.2) is 4.68 Å². The van der Waals surface area contributed by atoms with Crippen LogP contribution in [-0.2, 0) is 33.2 Å². The van der Waals surface area contributed by atoms with Crippen LogP contribution in [0.3, 0.4) is 0 Å². The van der Waals surface area contributed by atoms with Gasteiger partial charge in [-0.05, 0) is 55.5 Å². The summed E-state index contributed by atoms with van der Waals surface area (Å²) in [5.74, 6) is -0.786. The Morgan fingerprint density at radius 3 is 2.51 bits per heavy atom. The van der Waals surface area contributed by atoms with E-state index in [9.17, 15) is 18.0 Å². The van der Waals surface area contributed by atoms with E-state index in [0.717, 1.165) is 5.56 Å². The van der Waals surface area contributed by atoms with Crippen molar-refractivity contribution < 1.29 is 27.2 Å². The number of thiocarbonyl (C=S) groups is 1. The maximum atomic E-state index is 12.9. The zero-order valence-electron chi connectivity index (χ0n) is 20.1. The minimum Gasteiger partial charge on any atom is -0.486 e. The molecular weight excluding hydrogens is 540 g/mol. The number of carbonyl (C=O) groups is 2. The molecule has 11 nitrogen and oxygen atoms in total. The van der Waals surface area contributed by atoms with Crippen molar-refractivity contribution in [3.05, 3.63) is 70.4 Å². The maximum Gasteiger partial charge on any atom is 0.289 e. The molecule has 1 fully saturated rings. The van der Waals surface area contributed by atoms with Gasteiger partial charge in [0.15, 0.2) is 5.11 Å². The first kappa shape index (κ1) is 26.5. The van der Waals surface area contributed by atoms with Gasteiger partial charge in [0.25, 0.3) is 27.2 Å². The number of aryl methyl sites for hydroxylation is 2. The Balaban J connectivity index is 1.61. The van der Waals surface area contributed by atoms with E-state index in [4.69, 9.17) is 28.3 Å². The standard InChI is InChI=1S/C23H23ClN6O5S2/c1-14-4-10-17(11-5-14)37(33,34)26-21-19(29(3)27-35-21)13-30-18(22(32)28(2)23(30)36)12-20(31)25-16-8-6-15(24)7-9-16/h4-11,18H,12-13H2,1-3H3,(H,25,31)/b26-21-. The Kier molecular flexibility index (Phi) is 7.48. The molecule has 1 aliphatic rings. The lowest BCUT2D eigenvalue weighted by molar-refractivity contribution is -0.752. The molecule has 0 bridgehead atoms. The first-order valence-corrected chi connectivity index (χ1v) is 13.2. The van der Waals surface area contributed by atoms with Crippen LogP contribution >= 0.6 is 23.8 Å². The third-order valence-electron chi connectivity index (χ3n) is 5.76. The van der Waals surface area contributed by atoms with Crippen molar-refractivity contribution >= 4 is 56.5 Å². The van der Waals surface area contributed by atoms with E-state index < -0.39 is 22.0 Å². The number of rotatable bonds is 7. The van der Waals surface area contributed by atoms with Crippen LogP contribution in [0.15, 0.2) is 62.3 Å². The molecule has 14 heteroatoms. The fourth-order valence-electron chi connectivity index (χ4n) is 3.69. The van der Waals surface area contributed by atoms with Crippen LogP contribution < -0.4 is 20.8 Å². The molecule has 194 valence electrons. The lowest BCUT2D eigenvalue weighted by atomic mass is 10.1. The first-order chi connectivity index (χ1) is 17.5. The second-order valence-electron chi connectivity index (χ2n) is 8.41. The number of hydrogen-bond acceptors (Lipinski definition) is 6. The molecule has 4 rings (SSSR count). The van der Waals surface area contributed by atoms with Crippen LogP contribution in [0, 0.1) is 6.92 Å². The van der Waals surface area contributed by atoms with E-state index in [1.54, 1.807) is 43.4 Å². The topological polar surface area (TPSA) is 130 Å². The molecule has 1 aliphatic heterocycles. The van der Waals surface area contributed by atoms with Gasteiger partial charge in [-0.1, -0.05) is 29.3 Å². The summed E-state index contributed by atoms with van der Waals surface area (Å²) in [7, 11) is -1.05. The van der Waals surface area contributed by atoms with Crippen molar-refractivity contribution in [3.63, 3.8) is 0 Å². The molecule has 3 aromatic rings. The summed E-state index contributed by atoms with van der Waals surface area (Å²) in [6.07, 6.45) is -0.199. The van der Waals surface area contributed by atoms with Gasteiger partial charge in [-0.3, -0.25) is 19.8 Å². The van der Waals surface area contributed by atoms with Gasteiger partial charge in [0.1, 0.15) is 19.6 Å². The average Bonchev–Trinajstić information content (AvgIpc) is 3.28. The maximum absolute atomic E-state index is 12.9. The molecular formula is C23H23ClN6O5S2. The van der Waals surface area contributed by atoms with Crippen LogP contribution in [-0.4, -0.2) is 48.2 Å². The number of likely N-dealkylation sites (N-methyl/N-ethyl adjacent to an activating group) is 1. The Morgan fingerprint density at radius 1 is 1.22 bits per heavy atom. The van der Waals surface area contributed by atoms with Crippen molar-refractivity contribution in [1.82, 2.24) is 15.1 Å². The van der Waals surface area contributed by atoms with Gasteiger partial charge in [0.05, 0.1) is 11.3 Å². The number of aromatic nitrogens is 2. The summed E-state index contributed by atoms with van der Waals surface area (Å²) in [5, 5.41) is 7.21. The van der Waals surface area contributed by atoms with E-state index in [1.165, 1.54) is 33.7 Å². The van der Waals surface area contributed by atoms with E-state index in [-0.39, 0.29) is 40.1 Å². The van der Waals surface area contributed by atoms with Crippen LogP contribution in [0.1, 0.15) is 17.7 Å². The monoisotopic (exact) mass is 562 g/mol. The third-order valence-corrected chi connectivity index (χ3v) is 7.79. The van der Waals surface area contributed by atoms with E-state index in [0.29, 0.717) is 10.7 Å². The molecule has 1 N–H and O–H groups in total. The summed E-state index contributed by atoms with van der Waals surface area (Å²) < 4.78 is 36.0. The number of hydrogen-bond donors (Lipinski definition) is 1. The smallest absolute Gasteiger partial charge is 0.289 e. The molecule has 2 heterocycles. The Hall–Kier alpha value is -3.55. The lowest BCUT2D eigenvalue weighted by Crippen LogP contribution is -2.45. The summed E-state index contributed by atoms with van der Waals surface area (Å²) >= 11 is 11.3. The summed E-state index contributed by atoms with van der Waals surface area (Å²) in [5.41, 5.74) is 1.42. The van der Waals surface area contributed by atoms with Gasteiger partial charge in [0, 0.05) is 17.8 Å². The molecule has 2 aromatic carbocycles. The highest BCUT2D eigenvalue weighted by Gasteiger charge is 2.43. The van der Waals surface area contributed by atoms with Gasteiger partial charge in [0.2, 0.25) is 5.91 Å². The number of benzene rings is 2. The van der Waals surface area contributed by atoms with E-state index >= 15 is 0 Å². The zero-order chi connectivity index (χ0) is 26.9. The van der Waals surface area contributed by atoms with Gasteiger partial charge < -0.3 is 14.7 Å². The Labute approximate surface area is 223 Å². The molecule has 0 saturated carbocycles. The lowest BCUT2D eigenvalue weighted by Gasteiger charge is -2.21. The molecule has 37 heavy (non-hydrogen) atoms. The first-order valence-electron chi connectivity index (χ1n) is 11.0. The van der Waals surface area contributed by atoms with Crippen LogP contribution in [0.2, 0.25) is 5.02 Å². The predicted molar refractivity (Wildman–Crippen MR) is 137 cm³/mol. The number of halogens is 1. The second-order valence-corrected chi connectivity index (χ2v) is 10.8. The van der Waals surface area contributed by atoms with Gasteiger partial charge >= 0.3 is 0 Å². The fourth-order valence-corrected chi connectivity index (χ4v) is 5.04. The van der Waals surface area contributed by atoms with Gasteiger partial charge in [-0.2, -0.15) is 8.42 Å². The van der Waals surface area contributed by atoms with Crippen molar-refractivity contribution in [2.45, 2.75) is 30.8 Å². The Bertz CT molecular complexity index is 1530. The molecule has 0 aliphatic carbocycles. The zero-order valence-corrected chi connectivity index (χ0v) is 22.5. The minimum atomic E-state index is -4.10. The van der Waals surface area contributed by atoms with Crippen molar-refractivity contribution in [2.75, 3.05) is 12.4 Å². The molecule has 1 aromatic heterocycles.